The highest BCUT2D eigenvalue weighted by Gasteiger charge is 2.27. The molecule has 14 nitrogen and oxygen atoms in total. The third kappa shape index (κ3) is 6.16. The van der Waals surface area contributed by atoms with Crippen LogP contribution < -0.4 is 4.90 Å². The fraction of sp³-hybridized carbons (Fsp3) is 0.296. The molecule has 0 saturated heterocycles. The van der Waals surface area contributed by atoms with Gasteiger partial charge >= 0.3 is 6.09 Å². The van der Waals surface area contributed by atoms with Gasteiger partial charge in [-0.15, -0.1) is 20.3 Å². The molecular formula is C27H26N8O6. The average Bonchev–Trinajstić information content (AvgIpc) is 3.45. The average molecular weight is 559 g/mol. The van der Waals surface area contributed by atoms with Crippen molar-refractivity contribution in [3.05, 3.63) is 81.3 Å². The lowest BCUT2D eigenvalue weighted by Crippen LogP contribution is -2.36. The zero-order valence-corrected chi connectivity index (χ0v) is 22.4. The van der Waals surface area contributed by atoms with Gasteiger partial charge < -0.3 is 9.57 Å². The highest BCUT2D eigenvalue weighted by molar-refractivity contribution is 5.95. The predicted octanol–water partition coefficient (Wildman–Crippen LogP) is 3.48. The van der Waals surface area contributed by atoms with Crippen LogP contribution in [-0.2, 0) is 27.3 Å². The Morgan fingerprint density at radius 3 is 2.54 bits per heavy atom. The lowest BCUT2D eigenvalue weighted by atomic mass is 9.98. The number of carbonyl (C=O) groups excluding carboxylic acids is 2. The predicted molar refractivity (Wildman–Crippen MR) is 144 cm³/mol. The smallest absolute Gasteiger partial charge is 0.447 e. The molecule has 0 N–H and O–H groups in total. The molecule has 0 spiro atoms. The molecule has 0 aliphatic carbocycles. The van der Waals surface area contributed by atoms with Crippen molar-refractivity contribution in [1.29, 1.82) is 0 Å². The number of hydrogen-bond acceptors (Lipinski definition) is 11. The van der Waals surface area contributed by atoms with Gasteiger partial charge in [-0.05, 0) is 42.2 Å². The number of tetrazole rings is 1. The number of anilines is 1. The quantitative estimate of drug-likeness (QED) is 0.167. The van der Waals surface area contributed by atoms with Crippen molar-refractivity contribution >= 4 is 17.8 Å². The van der Waals surface area contributed by atoms with Gasteiger partial charge in [0.05, 0.1) is 19.8 Å². The van der Waals surface area contributed by atoms with Crippen LogP contribution in [0.15, 0.2) is 48.5 Å². The van der Waals surface area contributed by atoms with Gasteiger partial charge in [0.1, 0.15) is 11.6 Å². The van der Waals surface area contributed by atoms with Gasteiger partial charge in [-0.2, -0.15) is 0 Å². The number of rotatable bonds is 9. The molecule has 0 bridgehead atoms. The van der Waals surface area contributed by atoms with E-state index in [0.29, 0.717) is 36.6 Å². The summed E-state index contributed by atoms with van der Waals surface area (Å²) < 4.78 is 5.01. The summed E-state index contributed by atoms with van der Waals surface area (Å²) in [5, 5.41) is 21.2. The second-order valence-corrected chi connectivity index (χ2v) is 9.31. The van der Waals surface area contributed by atoms with Gasteiger partial charge in [0.15, 0.2) is 0 Å². The molecule has 2 aromatic carbocycles. The topological polar surface area (TPSA) is 168 Å². The minimum absolute atomic E-state index is 0.0296. The van der Waals surface area contributed by atoms with E-state index in [-0.39, 0.29) is 31.4 Å². The summed E-state index contributed by atoms with van der Waals surface area (Å²) in [6, 6.07) is 15.2. The van der Waals surface area contributed by atoms with Crippen molar-refractivity contribution in [3.63, 3.8) is 0 Å². The third-order valence-electron chi connectivity index (χ3n) is 6.51. The summed E-state index contributed by atoms with van der Waals surface area (Å²) in [5.41, 5.74) is 5.21. The number of hydrogen-bond donors (Lipinski definition) is 0. The van der Waals surface area contributed by atoms with Gasteiger partial charge in [0, 0.05) is 29.7 Å². The highest BCUT2D eigenvalue weighted by Crippen LogP contribution is 2.32. The second-order valence-electron chi connectivity index (χ2n) is 9.31. The van der Waals surface area contributed by atoms with E-state index in [9.17, 15) is 19.7 Å². The minimum Gasteiger partial charge on any atom is -0.447 e. The number of carbonyl (C=O) groups is 2. The van der Waals surface area contributed by atoms with E-state index in [4.69, 9.17) is 4.74 Å². The maximum Gasteiger partial charge on any atom is 0.453 e. The highest BCUT2D eigenvalue weighted by atomic mass is 16.9. The van der Waals surface area contributed by atoms with Gasteiger partial charge in [0.25, 0.3) is 5.09 Å². The Labute approximate surface area is 234 Å². The van der Waals surface area contributed by atoms with Crippen molar-refractivity contribution in [2.45, 2.75) is 39.7 Å². The van der Waals surface area contributed by atoms with E-state index in [1.807, 2.05) is 62.4 Å². The van der Waals surface area contributed by atoms with Gasteiger partial charge in [-0.3, -0.25) is 9.69 Å². The molecule has 0 saturated carbocycles. The maximum atomic E-state index is 12.8. The molecule has 1 amide bonds. The zero-order valence-electron chi connectivity index (χ0n) is 22.4. The molecule has 4 aromatic rings. The Balaban J connectivity index is 1.30. The normalized spacial score (nSPS) is 12.6. The molecule has 0 atom stereocenters. The zero-order chi connectivity index (χ0) is 28.9. The number of amides is 1. The molecule has 3 heterocycles. The molecule has 41 heavy (non-hydrogen) atoms. The molecule has 0 fully saturated rings. The van der Waals surface area contributed by atoms with Crippen LogP contribution in [0.25, 0.3) is 22.5 Å². The molecule has 1 aliphatic rings. The number of fused-ring (bicyclic) bond motifs is 1. The van der Waals surface area contributed by atoms with Gasteiger partial charge in [-0.1, -0.05) is 53.3 Å². The molecule has 0 unspecified atom stereocenters. The number of ether oxygens (including phenoxy) is 1. The number of aryl methyl sites for hydroxylation is 2. The van der Waals surface area contributed by atoms with Crippen molar-refractivity contribution in [3.8, 4) is 22.5 Å². The minimum atomic E-state index is -0.913. The van der Waals surface area contributed by atoms with Crippen LogP contribution >= 0.6 is 0 Å². The lowest BCUT2D eigenvalue weighted by Gasteiger charge is -2.29. The van der Waals surface area contributed by atoms with Crippen molar-refractivity contribution in [2.75, 3.05) is 18.1 Å². The Morgan fingerprint density at radius 2 is 1.78 bits per heavy atom. The second kappa shape index (κ2) is 11.9. The van der Waals surface area contributed by atoms with Crippen LogP contribution in [0.1, 0.15) is 35.5 Å². The first-order valence-electron chi connectivity index (χ1n) is 12.9. The van der Waals surface area contributed by atoms with E-state index in [2.05, 4.69) is 30.2 Å². The van der Waals surface area contributed by atoms with Crippen LogP contribution in [0.5, 0.6) is 0 Å². The largest absolute Gasteiger partial charge is 0.453 e. The van der Waals surface area contributed by atoms with E-state index in [1.54, 1.807) is 4.90 Å². The van der Waals surface area contributed by atoms with Crippen LogP contribution in [0.4, 0.5) is 10.6 Å². The van der Waals surface area contributed by atoms with Crippen molar-refractivity contribution in [2.24, 2.45) is 0 Å². The first kappa shape index (κ1) is 27.3. The SMILES string of the molecule is Cc1nc(C)c2c(n1)N(Cc1ccc(-c3ccccc3-c3nnn(C(=O)OCCCO[N+](=O)[O-])n3)cc1)C(=O)CC2. The molecule has 5 rings (SSSR count). The summed E-state index contributed by atoms with van der Waals surface area (Å²) in [6.07, 6.45) is 0.333. The summed E-state index contributed by atoms with van der Waals surface area (Å²) in [6.45, 7) is 3.86. The first-order chi connectivity index (χ1) is 19.8. The van der Waals surface area contributed by atoms with E-state index in [1.165, 1.54) is 0 Å². The van der Waals surface area contributed by atoms with E-state index >= 15 is 0 Å². The number of benzene rings is 2. The summed E-state index contributed by atoms with van der Waals surface area (Å²) in [7, 11) is 0. The Kier molecular flexibility index (Phi) is 7.90. The Bertz CT molecular complexity index is 1600. The first-order valence-corrected chi connectivity index (χ1v) is 12.9. The van der Waals surface area contributed by atoms with E-state index < -0.39 is 11.2 Å². The van der Waals surface area contributed by atoms with E-state index in [0.717, 1.165) is 32.7 Å². The van der Waals surface area contributed by atoms with Crippen LogP contribution in [0.2, 0.25) is 0 Å². The summed E-state index contributed by atoms with van der Waals surface area (Å²) in [5.74, 6) is 1.56. The van der Waals surface area contributed by atoms with Crippen LogP contribution in [0.3, 0.4) is 0 Å². The van der Waals surface area contributed by atoms with Crippen molar-refractivity contribution in [1.82, 2.24) is 30.2 Å². The van der Waals surface area contributed by atoms with Crippen LogP contribution in [-0.4, -0.2) is 60.5 Å². The number of nitrogens with zero attached hydrogens (tertiary/aromatic N) is 8. The van der Waals surface area contributed by atoms with Crippen LogP contribution in [0, 0.1) is 24.0 Å². The molecule has 14 heteroatoms. The van der Waals surface area contributed by atoms with Gasteiger partial charge in [0.2, 0.25) is 11.7 Å². The summed E-state index contributed by atoms with van der Waals surface area (Å²) >= 11 is 0. The van der Waals surface area contributed by atoms with Gasteiger partial charge in [-0.25, -0.2) is 14.8 Å². The third-order valence-corrected chi connectivity index (χ3v) is 6.51. The Morgan fingerprint density at radius 1 is 1.02 bits per heavy atom. The molecular weight excluding hydrogens is 532 g/mol. The molecule has 210 valence electrons. The number of aromatic nitrogens is 6. The Hall–Kier alpha value is -5.27. The fourth-order valence-electron chi connectivity index (χ4n) is 4.60. The van der Waals surface area contributed by atoms with Crippen molar-refractivity contribution < 1.29 is 24.3 Å². The lowest BCUT2D eigenvalue weighted by molar-refractivity contribution is -0.757. The maximum absolute atomic E-state index is 12.8. The summed E-state index contributed by atoms with van der Waals surface area (Å²) in [4.78, 5) is 50.9. The molecule has 2 aromatic heterocycles. The fourth-order valence-corrected chi connectivity index (χ4v) is 4.60. The standard InChI is InChI=1S/C27H26N8O6/c1-17-21-12-13-24(36)33(26(21)29-18(2)28-17)16-19-8-10-20(11-9-19)22-6-3-4-7-23(22)25-30-32-34(31-25)27(37)40-14-5-15-41-35(38)39/h3-4,6-11H,5,12-16H2,1-2H3. The molecule has 1 aliphatic heterocycles. The molecule has 0 radical (unpaired) electrons. The monoisotopic (exact) mass is 558 g/mol.